The van der Waals surface area contributed by atoms with Gasteiger partial charge < -0.3 is 9.47 Å². The van der Waals surface area contributed by atoms with Crippen molar-refractivity contribution in [1.29, 1.82) is 0 Å². The third-order valence-corrected chi connectivity index (χ3v) is 4.10. The van der Waals surface area contributed by atoms with Gasteiger partial charge in [0, 0.05) is 6.07 Å². The summed E-state index contributed by atoms with van der Waals surface area (Å²) in [7, 11) is 3.02. The van der Waals surface area contributed by atoms with Crippen LogP contribution in [0.4, 0.5) is 4.39 Å². The van der Waals surface area contributed by atoms with Gasteiger partial charge in [0.2, 0.25) is 0 Å². The Bertz CT molecular complexity index is 952. The number of para-hydroxylation sites is 1. The zero-order valence-electron chi connectivity index (χ0n) is 12.8. The minimum Gasteiger partial charge on any atom is -0.496 e. The van der Waals surface area contributed by atoms with Crippen molar-refractivity contribution in [3.8, 4) is 28.6 Å². The van der Waals surface area contributed by atoms with Gasteiger partial charge in [-0.2, -0.15) is 5.10 Å². The lowest BCUT2D eigenvalue weighted by Crippen LogP contribution is -2.17. The lowest BCUT2D eigenvalue weighted by Gasteiger charge is -2.13. The minimum atomic E-state index is -0.552. The molecule has 0 saturated heterocycles. The number of hydrogen-bond donors (Lipinski definition) is 1. The molecule has 1 heterocycles. The molecule has 0 bridgehead atoms. The van der Waals surface area contributed by atoms with Crippen molar-refractivity contribution in [2.75, 3.05) is 14.2 Å². The van der Waals surface area contributed by atoms with Gasteiger partial charge in [0.15, 0.2) is 5.82 Å². The summed E-state index contributed by atoms with van der Waals surface area (Å²) >= 11 is 3.39. The molecule has 3 aromatic rings. The SMILES string of the molecule is COc1cc(OC)c(-c2n[nH]c(=O)n2-c2ccccc2F)cc1Br. The van der Waals surface area contributed by atoms with E-state index in [0.29, 0.717) is 21.5 Å². The molecule has 0 aliphatic carbocycles. The van der Waals surface area contributed by atoms with E-state index in [1.165, 1.54) is 26.4 Å². The van der Waals surface area contributed by atoms with Crippen molar-refractivity contribution in [3.63, 3.8) is 0 Å². The smallest absolute Gasteiger partial charge is 0.348 e. The van der Waals surface area contributed by atoms with Crippen LogP contribution >= 0.6 is 15.9 Å². The molecule has 24 heavy (non-hydrogen) atoms. The molecular weight excluding hydrogens is 381 g/mol. The second kappa shape index (κ2) is 6.48. The van der Waals surface area contributed by atoms with Crippen LogP contribution in [0.3, 0.4) is 0 Å². The fourth-order valence-electron chi connectivity index (χ4n) is 2.37. The zero-order chi connectivity index (χ0) is 17.3. The number of rotatable bonds is 4. The van der Waals surface area contributed by atoms with Crippen LogP contribution in [0.1, 0.15) is 0 Å². The van der Waals surface area contributed by atoms with Gasteiger partial charge in [-0.1, -0.05) is 12.1 Å². The Morgan fingerprint density at radius 3 is 2.54 bits per heavy atom. The minimum absolute atomic E-state index is 0.0974. The normalized spacial score (nSPS) is 10.7. The molecule has 0 unspecified atom stereocenters. The van der Waals surface area contributed by atoms with Crippen LogP contribution in [0, 0.1) is 5.82 Å². The molecule has 0 amide bonds. The van der Waals surface area contributed by atoms with E-state index in [-0.39, 0.29) is 11.5 Å². The molecule has 1 N–H and O–H groups in total. The molecule has 0 atom stereocenters. The zero-order valence-corrected chi connectivity index (χ0v) is 14.4. The summed E-state index contributed by atoms with van der Waals surface area (Å²) in [5.74, 6) is 0.691. The van der Waals surface area contributed by atoms with Gasteiger partial charge in [-0.25, -0.2) is 18.9 Å². The maximum atomic E-state index is 14.1. The molecule has 0 aliphatic rings. The number of halogens is 2. The molecule has 0 spiro atoms. The summed E-state index contributed by atoms with van der Waals surface area (Å²) in [6.07, 6.45) is 0. The summed E-state index contributed by atoms with van der Waals surface area (Å²) in [5.41, 5.74) is 0.0520. The number of aromatic amines is 1. The number of H-pyrrole nitrogens is 1. The van der Waals surface area contributed by atoms with Crippen molar-refractivity contribution in [3.05, 3.63) is 57.2 Å². The monoisotopic (exact) mass is 393 g/mol. The number of benzene rings is 2. The second-order valence-electron chi connectivity index (χ2n) is 4.83. The molecule has 0 radical (unpaired) electrons. The summed E-state index contributed by atoms with van der Waals surface area (Å²) in [4.78, 5) is 12.2. The average Bonchev–Trinajstić information content (AvgIpc) is 2.96. The second-order valence-corrected chi connectivity index (χ2v) is 5.68. The van der Waals surface area contributed by atoms with E-state index in [1.807, 2.05) is 0 Å². The first kappa shape index (κ1) is 16.3. The Morgan fingerprint density at radius 1 is 1.17 bits per heavy atom. The van der Waals surface area contributed by atoms with E-state index in [9.17, 15) is 9.18 Å². The molecule has 1 aromatic heterocycles. The van der Waals surface area contributed by atoms with Crippen molar-refractivity contribution in [2.24, 2.45) is 0 Å². The van der Waals surface area contributed by atoms with Crippen molar-refractivity contribution >= 4 is 15.9 Å². The molecule has 6 nitrogen and oxygen atoms in total. The number of hydrogen-bond acceptors (Lipinski definition) is 4. The molecule has 124 valence electrons. The van der Waals surface area contributed by atoms with Crippen LogP contribution < -0.4 is 15.2 Å². The van der Waals surface area contributed by atoms with E-state index in [0.717, 1.165) is 4.57 Å². The van der Waals surface area contributed by atoms with Crippen LogP contribution in [0.25, 0.3) is 17.1 Å². The van der Waals surface area contributed by atoms with E-state index in [4.69, 9.17) is 9.47 Å². The Balaban J connectivity index is 2.28. The van der Waals surface area contributed by atoms with E-state index in [1.54, 1.807) is 24.3 Å². The summed E-state index contributed by atoms with van der Waals surface area (Å²) < 4.78 is 26.6. The molecule has 2 aromatic carbocycles. The summed E-state index contributed by atoms with van der Waals surface area (Å²) in [6.45, 7) is 0. The van der Waals surface area contributed by atoms with Gasteiger partial charge in [0.1, 0.15) is 17.3 Å². The molecule has 0 saturated carbocycles. The van der Waals surface area contributed by atoms with Gasteiger partial charge in [0.25, 0.3) is 0 Å². The highest BCUT2D eigenvalue weighted by Gasteiger charge is 2.20. The Morgan fingerprint density at radius 2 is 1.88 bits per heavy atom. The number of aromatic nitrogens is 3. The van der Waals surface area contributed by atoms with E-state index >= 15 is 0 Å². The van der Waals surface area contributed by atoms with Crippen LogP contribution in [0.5, 0.6) is 11.5 Å². The fraction of sp³-hybridized carbons (Fsp3) is 0.125. The topological polar surface area (TPSA) is 69.1 Å². The van der Waals surface area contributed by atoms with Crippen molar-refractivity contribution in [2.45, 2.75) is 0 Å². The molecule has 8 heteroatoms. The Kier molecular flexibility index (Phi) is 4.39. The largest absolute Gasteiger partial charge is 0.496 e. The first-order valence-corrected chi connectivity index (χ1v) is 7.70. The number of ether oxygens (including phenoxy) is 2. The average molecular weight is 394 g/mol. The predicted molar refractivity (Wildman–Crippen MR) is 90.4 cm³/mol. The number of nitrogens with zero attached hydrogens (tertiary/aromatic N) is 2. The number of methoxy groups -OCH3 is 2. The highest BCUT2D eigenvalue weighted by Crippen LogP contribution is 2.38. The number of nitrogens with one attached hydrogen (secondary N) is 1. The van der Waals surface area contributed by atoms with Crippen LogP contribution in [-0.4, -0.2) is 29.0 Å². The fourth-order valence-corrected chi connectivity index (χ4v) is 2.87. The first-order chi connectivity index (χ1) is 11.6. The van der Waals surface area contributed by atoms with Crippen LogP contribution in [0.2, 0.25) is 0 Å². The quantitative estimate of drug-likeness (QED) is 0.738. The Labute approximate surface area is 145 Å². The summed E-state index contributed by atoms with van der Waals surface area (Å²) in [5, 5.41) is 6.38. The lowest BCUT2D eigenvalue weighted by atomic mass is 10.1. The van der Waals surface area contributed by atoms with Crippen molar-refractivity contribution < 1.29 is 13.9 Å². The maximum Gasteiger partial charge on any atom is 0.348 e. The summed E-state index contributed by atoms with van der Waals surface area (Å²) in [6, 6.07) is 9.33. The standard InChI is InChI=1S/C16H13BrFN3O3/c1-23-13-8-14(24-2)10(17)7-9(13)15-19-20-16(22)21(15)12-6-4-3-5-11(12)18/h3-8H,1-2H3,(H,20,22). The van der Waals surface area contributed by atoms with Crippen LogP contribution in [-0.2, 0) is 0 Å². The van der Waals surface area contributed by atoms with Gasteiger partial charge in [0.05, 0.1) is 29.9 Å². The van der Waals surface area contributed by atoms with Gasteiger partial charge in [-0.3, -0.25) is 0 Å². The maximum absolute atomic E-state index is 14.1. The van der Waals surface area contributed by atoms with E-state index in [2.05, 4.69) is 26.1 Å². The third kappa shape index (κ3) is 2.69. The van der Waals surface area contributed by atoms with Gasteiger partial charge in [-0.15, -0.1) is 0 Å². The van der Waals surface area contributed by atoms with Gasteiger partial charge >= 0.3 is 5.69 Å². The molecular formula is C16H13BrFN3O3. The highest BCUT2D eigenvalue weighted by atomic mass is 79.9. The molecule has 0 aliphatic heterocycles. The first-order valence-electron chi connectivity index (χ1n) is 6.91. The van der Waals surface area contributed by atoms with E-state index < -0.39 is 11.5 Å². The lowest BCUT2D eigenvalue weighted by molar-refractivity contribution is 0.393. The van der Waals surface area contributed by atoms with Crippen molar-refractivity contribution in [1.82, 2.24) is 14.8 Å². The molecule has 0 fully saturated rings. The molecule has 3 rings (SSSR count). The van der Waals surface area contributed by atoms with Gasteiger partial charge in [-0.05, 0) is 34.1 Å². The van der Waals surface area contributed by atoms with Crippen LogP contribution in [0.15, 0.2) is 45.7 Å². The highest BCUT2D eigenvalue weighted by molar-refractivity contribution is 9.10. The Hall–Kier alpha value is -2.61. The predicted octanol–water partition coefficient (Wildman–Crippen LogP) is 3.15. The third-order valence-electron chi connectivity index (χ3n) is 3.48.